The zero-order valence-electron chi connectivity index (χ0n) is 8.03. The first kappa shape index (κ1) is 9.15. The van der Waals surface area contributed by atoms with E-state index in [0.717, 1.165) is 22.8 Å². The molecule has 1 fully saturated rings. The largest absolute Gasteiger partial charge is 0.327 e. The molecule has 0 radical (unpaired) electrons. The van der Waals surface area contributed by atoms with Gasteiger partial charge in [-0.1, -0.05) is 0 Å². The Bertz CT molecular complexity index is 568. The second kappa shape index (κ2) is 3.20. The van der Waals surface area contributed by atoms with Crippen molar-refractivity contribution in [2.45, 2.75) is 25.3 Å². The molecular formula is C10H10BrN3O. The first-order valence-corrected chi connectivity index (χ1v) is 5.81. The van der Waals surface area contributed by atoms with Crippen molar-refractivity contribution in [1.82, 2.24) is 14.5 Å². The maximum Gasteiger partial charge on any atom is 0.327 e. The summed E-state index contributed by atoms with van der Waals surface area (Å²) in [7, 11) is 0. The molecule has 1 aliphatic carbocycles. The van der Waals surface area contributed by atoms with E-state index in [-0.39, 0.29) is 5.69 Å². The number of aromatic nitrogens is 3. The third-order valence-electron chi connectivity index (χ3n) is 2.98. The van der Waals surface area contributed by atoms with E-state index in [1.165, 1.54) is 6.42 Å². The normalized spacial score (nSPS) is 16.9. The molecule has 0 aromatic carbocycles. The molecule has 0 aliphatic heterocycles. The zero-order valence-corrected chi connectivity index (χ0v) is 9.62. The second-order valence-corrected chi connectivity index (χ2v) is 4.82. The van der Waals surface area contributed by atoms with Gasteiger partial charge in [0.2, 0.25) is 0 Å². The minimum Gasteiger partial charge on any atom is -0.290 e. The topological polar surface area (TPSA) is 50.7 Å². The van der Waals surface area contributed by atoms with Crippen LogP contribution in [0.3, 0.4) is 0 Å². The number of H-pyrrole nitrogens is 1. The number of pyridine rings is 1. The van der Waals surface area contributed by atoms with Crippen LogP contribution in [0.25, 0.3) is 11.2 Å². The van der Waals surface area contributed by atoms with E-state index < -0.39 is 0 Å². The zero-order chi connectivity index (χ0) is 10.4. The molecule has 2 aromatic heterocycles. The van der Waals surface area contributed by atoms with E-state index in [1.807, 2.05) is 10.6 Å². The molecule has 0 bridgehead atoms. The summed E-state index contributed by atoms with van der Waals surface area (Å²) < 4.78 is 2.73. The van der Waals surface area contributed by atoms with Crippen molar-refractivity contribution >= 4 is 27.1 Å². The Morgan fingerprint density at radius 2 is 2.33 bits per heavy atom. The van der Waals surface area contributed by atoms with Gasteiger partial charge in [0.15, 0.2) is 5.65 Å². The minimum absolute atomic E-state index is 0.0414. The third kappa shape index (κ3) is 1.33. The van der Waals surface area contributed by atoms with Crippen molar-refractivity contribution in [3.05, 3.63) is 27.2 Å². The van der Waals surface area contributed by atoms with Gasteiger partial charge in [0.05, 0.1) is 5.52 Å². The predicted octanol–water partition coefficient (Wildman–Crippen LogP) is 2.21. The van der Waals surface area contributed by atoms with Crippen LogP contribution in [0.1, 0.15) is 25.3 Å². The minimum atomic E-state index is -0.0414. The van der Waals surface area contributed by atoms with Gasteiger partial charge in [0.25, 0.3) is 0 Å². The van der Waals surface area contributed by atoms with Crippen LogP contribution in [-0.2, 0) is 0 Å². The number of imidazole rings is 1. The van der Waals surface area contributed by atoms with E-state index in [0.29, 0.717) is 11.7 Å². The third-order valence-corrected chi connectivity index (χ3v) is 3.41. The molecule has 0 amide bonds. The maximum atomic E-state index is 11.7. The lowest BCUT2D eigenvalue weighted by Gasteiger charge is -2.26. The van der Waals surface area contributed by atoms with Crippen molar-refractivity contribution in [2.75, 3.05) is 0 Å². The van der Waals surface area contributed by atoms with Crippen LogP contribution in [-0.4, -0.2) is 14.5 Å². The SMILES string of the molecule is O=c1[nH]c2ncc(Br)cc2n1C1CCC1. The summed E-state index contributed by atoms with van der Waals surface area (Å²) >= 11 is 3.37. The lowest BCUT2D eigenvalue weighted by molar-refractivity contribution is 0.314. The van der Waals surface area contributed by atoms with Crippen molar-refractivity contribution < 1.29 is 0 Å². The summed E-state index contributed by atoms with van der Waals surface area (Å²) in [5.74, 6) is 0. The highest BCUT2D eigenvalue weighted by Crippen LogP contribution is 2.32. The molecule has 78 valence electrons. The van der Waals surface area contributed by atoms with E-state index in [2.05, 4.69) is 25.9 Å². The first-order chi connectivity index (χ1) is 7.25. The monoisotopic (exact) mass is 267 g/mol. The molecule has 5 heteroatoms. The quantitative estimate of drug-likeness (QED) is 0.862. The molecule has 4 nitrogen and oxygen atoms in total. The maximum absolute atomic E-state index is 11.7. The van der Waals surface area contributed by atoms with Crippen LogP contribution >= 0.6 is 15.9 Å². The van der Waals surface area contributed by atoms with Crippen LogP contribution in [0.15, 0.2) is 21.5 Å². The van der Waals surface area contributed by atoms with Crippen LogP contribution in [0.5, 0.6) is 0 Å². The van der Waals surface area contributed by atoms with Gasteiger partial charge in [0, 0.05) is 16.7 Å². The number of aromatic amines is 1. The fourth-order valence-corrected chi connectivity index (χ4v) is 2.31. The van der Waals surface area contributed by atoms with Crippen molar-refractivity contribution in [3.63, 3.8) is 0 Å². The Kier molecular flexibility index (Phi) is 1.95. The number of halogens is 1. The number of hydrogen-bond acceptors (Lipinski definition) is 2. The fourth-order valence-electron chi connectivity index (χ4n) is 1.99. The number of nitrogens with zero attached hydrogens (tertiary/aromatic N) is 2. The summed E-state index contributed by atoms with van der Waals surface area (Å²) in [5.41, 5.74) is 1.54. The molecule has 0 atom stereocenters. The standard InChI is InChI=1S/C10H10BrN3O/c11-6-4-8-9(12-5-6)13-10(15)14(8)7-2-1-3-7/h4-5,7H,1-3H2,(H,12,13,15). The molecule has 0 saturated heterocycles. The van der Waals surface area contributed by atoms with Crippen molar-refractivity contribution in [2.24, 2.45) is 0 Å². The summed E-state index contributed by atoms with van der Waals surface area (Å²) in [6.45, 7) is 0. The highest BCUT2D eigenvalue weighted by molar-refractivity contribution is 9.10. The molecule has 2 aromatic rings. The van der Waals surface area contributed by atoms with E-state index >= 15 is 0 Å². The lowest BCUT2D eigenvalue weighted by Crippen LogP contribution is -2.26. The molecular weight excluding hydrogens is 258 g/mol. The van der Waals surface area contributed by atoms with Gasteiger partial charge in [-0.15, -0.1) is 0 Å². The van der Waals surface area contributed by atoms with Crippen molar-refractivity contribution in [1.29, 1.82) is 0 Å². The average Bonchev–Trinajstić information content (AvgIpc) is 2.42. The Hall–Kier alpha value is -1.10. The average molecular weight is 268 g/mol. The first-order valence-electron chi connectivity index (χ1n) is 5.01. The number of nitrogens with one attached hydrogen (secondary N) is 1. The van der Waals surface area contributed by atoms with Gasteiger partial charge in [-0.25, -0.2) is 9.78 Å². The van der Waals surface area contributed by atoms with Gasteiger partial charge in [0.1, 0.15) is 0 Å². The Balaban J connectivity index is 2.29. The van der Waals surface area contributed by atoms with E-state index in [9.17, 15) is 4.79 Å². The fraction of sp³-hybridized carbons (Fsp3) is 0.400. The van der Waals surface area contributed by atoms with Gasteiger partial charge >= 0.3 is 5.69 Å². The Morgan fingerprint density at radius 1 is 1.53 bits per heavy atom. The molecule has 1 N–H and O–H groups in total. The number of hydrogen-bond donors (Lipinski definition) is 1. The molecule has 3 rings (SSSR count). The Morgan fingerprint density at radius 3 is 3.00 bits per heavy atom. The van der Waals surface area contributed by atoms with E-state index in [1.54, 1.807) is 6.20 Å². The molecule has 0 unspecified atom stereocenters. The van der Waals surface area contributed by atoms with Crippen LogP contribution < -0.4 is 5.69 Å². The molecule has 2 heterocycles. The predicted molar refractivity (Wildman–Crippen MR) is 60.9 cm³/mol. The van der Waals surface area contributed by atoms with Crippen LogP contribution in [0.4, 0.5) is 0 Å². The Labute approximate surface area is 94.5 Å². The highest BCUT2D eigenvalue weighted by atomic mass is 79.9. The summed E-state index contributed by atoms with van der Waals surface area (Å²) in [6.07, 6.45) is 5.10. The summed E-state index contributed by atoms with van der Waals surface area (Å²) in [4.78, 5) is 18.7. The van der Waals surface area contributed by atoms with Gasteiger partial charge in [-0.3, -0.25) is 9.55 Å². The summed E-state index contributed by atoms with van der Waals surface area (Å²) in [5, 5.41) is 0. The molecule has 1 aliphatic rings. The van der Waals surface area contributed by atoms with Gasteiger partial charge in [-0.2, -0.15) is 0 Å². The highest BCUT2D eigenvalue weighted by Gasteiger charge is 2.23. The van der Waals surface area contributed by atoms with Crippen molar-refractivity contribution in [3.8, 4) is 0 Å². The smallest absolute Gasteiger partial charge is 0.290 e. The van der Waals surface area contributed by atoms with Gasteiger partial charge < -0.3 is 0 Å². The van der Waals surface area contributed by atoms with E-state index in [4.69, 9.17) is 0 Å². The molecule has 15 heavy (non-hydrogen) atoms. The lowest BCUT2D eigenvalue weighted by atomic mass is 9.93. The number of rotatable bonds is 1. The molecule has 0 spiro atoms. The number of fused-ring (bicyclic) bond motifs is 1. The van der Waals surface area contributed by atoms with Gasteiger partial charge in [-0.05, 0) is 41.3 Å². The summed E-state index contributed by atoms with van der Waals surface area (Å²) in [6, 6.07) is 2.31. The second-order valence-electron chi connectivity index (χ2n) is 3.91. The van der Waals surface area contributed by atoms with Crippen LogP contribution in [0, 0.1) is 0 Å². The van der Waals surface area contributed by atoms with Crippen LogP contribution in [0.2, 0.25) is 0 Å². The molecule has 1 saturated carbocycles.